The second-order valence-electron chi connectivity index (χ2n) is 6.88. The van der Waals surface area contributed by atoms with Gasteiger partial charge in [-0.15, -0.1) is 0 Å². The largest absolute Gasteiger partial charge is 0.374 e. The number of carbonyl (C=O) groups excluding carboxylic acids is 1. The zero-order valence-electron chi connectivity index (χ0n) is 15.5. The third-order valence-electron chi connectivity index (χ3n) is 4.81. The molecule has 25 heavy (non-hydrogen) atoms. The highest BCUT2D eigenvalue weighted by Gasteiger charge is 2.17. The number of amides is 1. The minimum atomic E-state index is -0.303. The SMILES string of the molecule is CC(Nc1ccc(CCN2CCCCC2)cc1)C(=O)N(C)CCC#N. The Hall–Kier alpha value is -2.06. The van der Waals surface area contributed by atoms with Crippen molar-refractivity contribution in [1.82, 2.24) is 9.80 Å². The predicted molar refractivity (Wildman–Crippen MR) is 101 cm³/mol. The molecule has 1 aliphatic heterocycles. The summed E-state index contributed by atoms with van der Waals surface area (Å²) in [7, 11) is 1.74. The molecule has 1 aliphatic rings. The van der Waals surface area contributed by atoms with Gasteiger partial charge in [-0.3, -0.25) is 4.79 Å². The van der Waals surface area contributed by atoms with E-state index in [4.69, 9.17) is 5.26 Å². The van der Waals surface area contributed by atoms with E-state index in [2.05, 4.69) is 28.4 Å². The Kier molecular flexibility index (Phi) is 7.75. The van der Waals surface area contributed by atoms with E-state index in [-0.39, 0.29) is 11.9 Å². The molecule has 136 valence electrons. The molecule has 1 heterocycles. The summed E-state index contributed by atoms with van der Waals surface area (Å²) in [6, 6.07) is 10.1. The van der Waals surface area contributed by atoms with Crippen molar-refractivity contribution in [3.8, 4) is 6.07 Å². The number of nitrogens with zero attached hydrogens (tertiary/aromatic N) is 3. The van der Waals surface area contributed by atoms with Crippen LogP contribution in [0.25, 0.3) is 0 Å². The number of nitrogens with one attached hydrogen (secondary N) is 1. The first-order valence-electron chi connectivity index (χ1n) is 9.30. The van der Waals surface area contributed by atoms with Crippen LogP contribution in [0.3, 0.4) is 0 Å². The molecule has 1 atom stereocenters. The Morgan fingerprint density at radius 1 is 1.28 bits per heavy atom. The molecule has 0 aliphatic carbocycles. The highest BCUT2D eigenvalue weighted by molar-refractivity contribution is 5.84. The summed E-state index contributed by atoms with van der Waals surface area (Å²) in [5.41, 5.74) is 2.29. The van der Waals surface area contributed by atoms with Crippen molar-refractivity contribution in [3.63, 3.8) is 0 Å². The van der Waals surface area contributed by atoms with Gasteiger partial charge in [0.1, 0.15) is 6.04 Å². The lowest BCUT2D eigenvalue weighted by molar-refractivity contribution is -0.130. The van der Waals surface area contributed by atoms with Crippen LogP contribution in [0.1, 0.15) is 38.2 Å². The van der Waals surface area contributed by atoms with Crippen LogP contribution in [0.4, 0.5) is 5.69 Å². The molecule has 1 N–H and O–H groups in total. The first kappa shape index (κ1) is 19.3. The number of piperidine rings is 1. The van der Waals surface area contributed by atoms with E-state index in [1.807, 2.05) is 19.1 Å². The van der Waals surface area contributed by atoms with Crippen LogP contribution in [0.15, 0.2) is 24.3 Å². The molecule has 0 saturated carbocycles. The van der Waals surface area contributed by atoms with Gasteiger partial charge >= 0.3 is 0 Å². The summed E-state index contributed by atoms with van der Waals surface area (Å²) in [5, 5.41) is 11.9. The van der Waals surface area contributed by atoms with Crippen molar-refractivity contribution in [2.45, 2.75) is 45.1 Å². The lowest BCUT2D eigenvalue weighted by Gasteiger charge is -2.26. The molecule has 1 fully saturated rings. The summed E-state index contributed by atoms with van der Waals surface area (Å²) in [6.45, 7) is 5.93. The van der Waals surface area contributed by atoms with Gasteiger partial charge in [0, 0.05) is 25.8 Å². The lowest BCUT2D eigenvalue weighted by Crippen LogP contribution is -2.39. The number of benzene rings is 1. The molecule has 0 bridgehead atoms. The summed E-state index contributed by atoms with van der Waals surface area (Å²) in [6.07, 6.45) is 5.47. The van der Waals surface area contributed by atoms with Crippen LogP contribution >= 0.6 is 0 Å². The minimum absolute atomic E-state index is 0.00410. The maximum Gasteiger partial charge on any atom is 0.244 e. The average molecular weight is 342 g/mol. The standard InChI is InChI=1S/C20H30N4O/c1-17(20(25)23(2)13-6-12-21)22-19-9-7-18(8-10-19)11-16-24-14-4-3-5-15-24/h7-10,17,22H,3-6,11,13-16H2,1-2H3. The molecule has 1 unspecified atom stereocenters. The third kappa shape index (κ3) is 6.39. The maximum absolute atomic E-state index is 12.2. The molecule has 5 heteroatoms. The van der Waals surface area contributed by atoms with Crippen molar-refractivity contribution in [3.05, 3.63) is 29.8 Å². The summed E-state index contributed by atoms with van der Waals surface area (Å²) in [5.74, 6) is 0.00410. The Morgan fingerprint density at radius 3 is 2.60 bits per heavy atom. The van der Waals surface area contributed by atoms with E-state index in [0.717, 1.165) is 18.7 Å². The predicted octanol–water partition coefficient (Wildman–Crippen LogP) is 2.89. The van der Waals surface area contributed by atoms with E-state index in [1.54, 1.807) is 11.9 Å². The van der Waals surface area contributed by atoms with E-state index < -0.39 is 0 Å². The van der Waals surface area contributed by atoms with Crippen molar-refractivity contribution in [2.24, 2.45) is 0 Å². The highest BCUT2D eigenvalue weighted by Crippen LogP contribution is 2.14. The first-order chi connectivity index (χ1) is 12.1. The van der Waals surface area contributed by atoms with E-state index in [0.29, 0.717) is 13.0 Å². The summed E-state index contributed by atoms with van der Waals surface area (Å²) < 4.78 is 0. The van der Waals surface area contributed by atoms with Gasteiger partial charge in [-0.05, 0) is 57.0 Å². The second kappa shape index (κ2) is 10.0. The average Bonchev–Trinajstić information content (AvgIpc) is 2.65. The van der Waals surface area contributed by atoms with Crippen LogP contribution < -0.4 is 5.32 Å². The Morgan fingerprint density at radius 2 is 1.96 bits per heavy atom. The van der Waals surface area contributed by atoms with Crippen LogP contribution in [0.2, 0.25) is 0 Å². The van der Waals surface area contributed by atoms with Gasteiger partial charge < -0.3 is 15.1 Å². The van der Waals surface area contributed by atoms with Gasteiger partial charge in [0.25, 0.3) is 0 Å². The monoisotopic (exact) mass is 342 g/mol. The van der Waals surface area contributed by atoms with Gasteiger partial charge in [0.05, 0.1) is 12.5 Å². The van der Waals surface area contributed by atoms with E-state index in [1.165, 1.54) is 37.9 Å². The van der Waals surface area contributed by atoms with Gasteiger partial charge in [0.2, 0.25) is 5.91 Å². The van der Waals surface area contributed by atoms with Crippen LogP contribution in [-0.2, 0) is 11.2 Å². The van der Waals surface area contributed by atoms with E-state index >= 15 is 0 Å². The normalized spacial score (nSPS) is 16.0. The third-order valence-corrected chi connectivity index (χ3v) is 4.81. The fourth-order valence-corrected chi connectivity index (χ4v) is 3.21. The molecule has 0 radical (unpaired) electrons. The Labute approximate surface area is 151 Å². The van der Waals surface area contributed by atoms with Crippen LogP contribution in [-0.4, -0.2) is 55.0 Å². The molecule has 1 aromatic rings. The molecular formula is C20H30N4O. The first-order valence-corrected chi connectivity index (χ1v) is 9.30. The van der Waals surface area contributed by atoms with Gasteiger partial charge in [0.15, 0.2) is 0 Å². The molecule has 1 amide bonds. The number of rotatable bonds is 8. The number of hydrogen-bond acceptors (Lipinski definition) is 4. The van der Waals surface area contributed by atoms with Crippen molar-refractivity contribution < 1.29 is 4.79 Å². The van der Waals surface area contributed by atoms with Gasteiger partial charge in [-0.1, -0.05) is 18.6 Å². The number of likely N-dealkylation sites (tertiary alicyclic amines) is 1. The number of anilines is 1. The fourth-order valence-electron chi connectivity index (χ4n) is 3.21. The van der Waals surface area contributed by atoms with Crippen LogP contribution in [0.5, 0.6) is 0 Å². The number of carbonyl (C=O) groups is 1. The van der Waals surface area contributed by atoms with Crippen molar-refractivity contribution in [1.29, 1.82) is 5.26 Å². The quantitative estimate of drug-likeness (QED) is 0.789. The summed E-state index contributed by atoms with van der Waals surface area (Å²) >= 11 is 0. The molecule has 1 aromatic carbocycles. The summed E-state index contributed by atoms with van der Waals surface area (Å²) in [4.78, 5) is 16.4. The zero-order chi connectivity index (χ0) is 18.1. The maximum atomic E-state index is 12.2. The molecular weight excluding hydrogens is 312 g/mol. The minimum Gasteiger partial charge on any atom is -0.374 e. The smallest absolute Gasteiger partial charge is 0.244 e. The van der Waals surface area contributed by atoms with Gasteiger partial charge in [-0.25, -0.2) is 0 Å². The molecule has 1 saturated heterocycles. The Balaban J connectivity index is 1.78. The number of hydrogen-bond donors (Lipinski definition) is 1. The van der Waals surface area contributed by atoms with E-state index in [9.17, 15) is 4.79 Å². The molecule has 0 spiro atoms. The molecule has 2 rings (SSSR count). The zero-order valence-corrected chi connectivity index (χ0v) is 15.5. The van der Waals surface area contributed by atoms with Crippen LogP contribution in [0, 0.1) is 11.3 Å². The Bertz CT molecular complexity index is 572. The highest BCUT2D eigenvalue weighted by atomic mass is 16.2. The van der Waals surface area contributed by atoms with Crippen molar-refractivity contribution in [2.75, 3.05) is 38.5 Å². The van der Waals surface area contributed by atoms with Gasteiger partial charge in [-0.2, -0.15) is 5.26 Å². The lowest BCUT2D eigenvalue weighted by atomic mass is 10.1. The molecule has 0 aromatic heterocycles. The van der Waals surface area contributed by atoms with Crippen molar-refractivity contribution >= 4 is 11.6 Å². The number of likely N-dealkylation sites (N-methyl/N-ethyl adjacent to an activating group) is 1. The topological polar surface area (TPSA) is 59.4 Å². The second-order valence-corrected chi connectivity index (χ2v) is 6.88. The number of nitriles is 1. The fraction of sp³-hybridized carbons (Fsp3) is 0.600. The molecule has 5 nitrogen and oxygen atoms in total.